The summed E-state index contributed by atoms with van der Waals surface area (Å²) in [6.07, 6.45) is -0.173. The van der Waals surface area contributed by atoms with Crippen LogP contribution in [0.15, 0.2) is 54.1 Å². The van der Waals surface area contributed by atoms with Gasteiger partial charge in [-0.2, -0.15) is 0 Å². The number of hydrogen-bond acceptors (Lipinski definition) is 3. The maximum absolute atomic E-state index is 12.8. The van der Waals surface area contributed by atoms with E-state index in [0.717, 1.165) is 5.56 Å². The maximum atomic E-state index is 12.8. The number of halogens is 1. The Morgan fingerprint density at radius 3 is 2.56 bits per heavy atom. The molecular weight excluding hydrogens is 340 g/mol. The average Bonchev–Trinajstić information content (AvgIpc) is 2.73. The van der Waals surface area contributed by atoms with Crippen LogP contribution in [0.5, 0.6) is 0 Å². The molecule has 0 saturated heterocycles. The minimum absolute atomic E-state index is 0.0681. The Labute approximate surface area is 150 Å². The third kappa shape index (κ3) is 3.37. The third-order valence-electron chi connectivity index (χ3n) is 4.12. The summed E-state index contributed by atoms with van der Waals surface area (Å²) < 4.78 is 0. The van der Waals surface area contributed by atoms with E-state index in [4.69, 9.17) is 11.6 Å². The molecule has 3 rings (SSSR count). The topological polar surface area (TPSA) is 69.6 Å². The van der Waals surface area contributed by atoms with Gasteiger partial charge < -0.3 is 15.3 Å². The van der Waals surface area contributed by atoms with Gasteiger partial charge in [-0.15, -0.1) is 0 Å². The fourth-order valence-corrected chi connectivity index (χ4v) is 2.95. The van der Waals surface area contributed by atoms with Crippen LogP contribution in [0.25, 0.3) is 5.76 Å². The summed E-state index contributed by atoms with van der Waals surface area (Å²) in [6.45, 7) is 0.321. The van der Waals surface area contributed by atoms with Crippen LogP contribution < -0.4 is 10.2 Å². The Kier molecular flexibility index (Phi) is 4.76. The molecule has 5 nitrogen and oxygen atoms in total. The smallest absolute Gasteiger partial charge is 0.251 e. The van der Waals surface area contributed by atoms with E-state index in [9.17, 15) is 14.7 Å². The van der Waals surface area contributed by atoms with Gasteiger partial charge in [-0.1, -0.05) is 35.9 Å². The SMILES string of the molecule is CNC(=O)C1=C(O)c2ccccc2N(Cc2ccc(Cl)cc2)C(=O)C1. The van der Waals surface area contributed by atoms with Crippen LogP contribution in [0.3, 0.4) is 0 Å². The predicted molar refractivity (Wildman–Crippen MR) is 97.3 cm³/mol. The summed E-state index contributed by atoms with van der Waals surface area (Å²) >= 11 is 5.91. The largest absolute Gasteiger partial charge is 0.507 e. The van der Waals surface area contributed by atoms with Crippen molar-refractivity contribution < 1.29 is 14.7 Å². The number of amides is 2. The van der Waals surface area contributed by atoms with Crippen molar-refractivity contribution in [1.29, 1.82) is 0 Å². The van der Waals surface area contributed by atoms with Crippen molar-refractivity contribution in [2.24, 2.45) is 0 Å². The molecule has 0 atom stereocenters. The van der Waals surface area contributed by atoms with E-state index >= 15 is 0 Å². The first kappa shape index (κ1) is 17.0. The molecule has 1 aliphatic rings. The number of carbonyl (C=O) groups excluding carboxylic acids is 2. The van der Waals surface area contributed by atoms with Crippen molar-refractivity contribution in [3.63, 3.8) is 0 Å². The number of anilines is 1. The number of nitrogens with one attached hydrogen (secondary N) is 1. The molecule has 2 aromatic carbocycles. The lowest BCUT2D eigenvalue weighted by atomic mass is 10.1. The van der Waals surface area contributed by atoms with Gasteiger partial charge in [0.25, 0.3) is 5.91 Å². The van der Waals surface area contributed by atoms with E-state index in [1.54, 1.807) is 41.3 Å². The van der Waals surface area contributed by atoms with Gasteiger partial charge in [0, 0.05) is 17.6 Å². The molecule has 0 unspecified atom stereocenters. The molecule has 2 aromatic rings. The zero-order chi connectivity index (χ0) is 18.0. The van der Waals surface area contributed by atoms with E-state index in [1.807, 2.05) is 12.1 Å². The molecule has 0 spiro atoms. The third-order valence-corrected chi connectivity index (χ3v) is 4.37. The number of benzene rings is 2. The van der Waals surface area contributed by atoms with Crippen molar-refractivity contribution in [3.8, 4) is 0 Å². The maximum Gasteiger partial charge on any atom is 0.251 e. The molecular formula is C19H17ClN2O3. The summed E-state index contributed by atoms with van der Waals surface area (Å²) in [5.41, 5.74) is 1.99. The average molecular weight is 357 g/mol. The molecule has 2 N–H and O–H groups in total. The standard InChI is InChI=1S/C19H17ClN2O3/c1-21-19(25)15-10-17(23)22(11-12-6-8-13(20)9-7-12)16-5-3-2-4-14(16)18(15)24/h2-9,24H,10-11H2,1H3,(H,21,25). The van der Waals surface area contributed by atoms with Crippen molar-refractivity contribution in [3.05, 3.63) is 70.3 Å². The number of hydrogen-bond donors (Lipinski definition) is 2. The predicted octanol–water partition coefficient (Wildman–Crippen LogP) is 3.29. The number of fused-ring (bicyclic) bond motifs is 1. The molecule has 128 valence electrons. The van der Waals surface area contributed by atoms with Gasteiger partial charge in [-0.25, -0.2) is 0 Å². The van der Waals surface area contributed by atoms with E-state index in [2.05, 4.69) is 5.32 Å². The van der Waals surface area contributed by atoms with Crippen LogP contribution in [-0.2, 0) is 16.1 Å². The fraction of sp³-hybridized carbons (Fsp3) is 0.158. The lowest BCUT2D eigenvalue weighted by Crippen LogP contribution is -2.31. The first-order chi connectivity index (χ1) is 12.0. The Morgan fingerprint density at radius 2 is 1.88 bits per heavy atom. The monoisotopic (exact) mass is 356 g/mol. The van der Waals surface area contributed by atoms with Crippen molar-refractivity contribution >= 4 is 34.9 Å². The summed E-state index contributed by atoms with van der Waals surface area (Å²) in [7, 11) is 1.47. The minimum atomic E-state index is -0.464. The van der Waals surface area contributed by atoms with E-state index in [1.165, 1.54) is 7.05 Å². The highest BCUT2D eigenvalue weighted by atomic mass is 35.5. The number of likely N-dealkylation sites (N-methyl/N-ethyl adjacent to an activating group) is 1. The second kappa shape index (κ2) is 6.99. The molecule has 1 aliphatic heterocycles. The zero-order valence-corrected chi connectivity index (χ0v) is 14.4. The number of carbonyl (C=O) groups is 2. The Morgan fingerprint density at radius 1 is 1.20 bits per heavy atom. The van der Waals surface area contributed by atoms with Crippen LogP contribution in [-0.4, -0.2) is 24.0 Å². The fourth-order valence-electron chi connectivity index (χ4n) is 2.82. The molecule has 0 bridgehead atoms. The van der Waals surface area contributed by atoms with Crippen molar-refractivity contribution in [1.82, 2.24) is 5.32 Å². The second-order valence-electron chi connectivity index (χ2n) is 5.71. The van der Waals surface area contributed by atoms with E-state index < -0.39 is 5.91 Å². The second-order valence-corrected chi connectivity index (χ2v) is 6.14. The molecule has 1 heterocycles. The quantitative estimate of drug-likeness (QED) is 0.886. The zero-order valence-electron chi connectivity index (χ0n) is 13.6. The normalized spacial score (nSPS) is 14.2. The van der Waals surface area contributed by atoms with Gasteiger partial charge >= 0.3 is 0 Å². The molecule has 0 aromatic heterocycles. The van der Waals surface area contributed by atoms with Gasteiger partial charge in [0.05, 0.1) is 24.2 Å². The molecule has 0 saturated carbocycles. The molecule has 0 aliphatic carbocycles. The summed E-state index contributed by atoms with van der Waals surface area (Å²) in [6, 6.07) is 14.2. The van der Waals surface area contributed by atoms with Crippen LogP contribution in [0, 0.1) is 0 Å². The van der Waals surface area contributed by atoms with Crippen molar-refractivity contribution in [2.75, 3.05) is 11.9 Å². The summed E-state index contributed by atoms with van der Waals surface area (Å²) in [4.78, 5) is 26.4. The van der Waals surface area contributed by atoms with Gasteiger partial charge in [-0.3, -0.25) is 9.59 Å². The number of nitrogens with zero attached hydrogens (tertiary/aromatic N) is 1. The number of aliphatic hydroxyl groups excluding tert-OH is 1. The Bertz CT molecular complexity index is 859. The van der Waals surface area contributed by atoms with E-state index in [0.29, 0.717) is 22.8 Å². The molecule has 6 heteroatoms. The lowest BCUT2D eigenvalue weighted by molar-refractivity contribution is -0.121. The van der Waals surface area contributed by atoms with Gasteiger partial charge in [0.15, 0.2) is 0 Å². The number of para-hydroxylation sites is 1. The van der Waals surface area contributed by atoms with Gasteiger partial charge in [0.2, 0.25) is 5.91 Å². The van der Waals surface area contributed by atoms with Crippen LogP contribution in [0.2, 0.25) is 5.02 Å². The lowest BCUT2D eigenvalue weighted by Gasteiger charge is -2.23. The molecule has 25 heavy (non-hydrogen) atoms. The molecule has 0 fully saturated rings. The highest BCUT2D eigenvalue weighted by molar-refractivity contribution is 6.30. The number of rotatable bonds is 3. The Balaban J connectivity index is 2.05. The van der Waals surface area contributed by atoms with Crippen LogP contribution >= 0.6 is 11.6 Å². The first-order valence-corrected chi connectivity index (χ1v) is 8.17. The summed E-state index contributed by atoms with van der Waals surface area (Å²) in [5.74, 6) is -0.888. The summed E-state index contributed by atoms with van der Waals surface area (Å²) in [5, 5.41) is 13.7. The van der Waals surface area contributed by atoms with Gasteiger partial charge in [0.1, 0.15) is 5.76 Å². The first-order valence-electron chi connectivity index (χ1n) is 7.79. The molecule has 0 radical (unpaired) electrons. The van der Waals surface area contributed by atoms with Gasteiger partial charge in [-0.05, 0) is 29.8 Å². The molecule has 2 amide bonds. The highest BCUT2D eigenvalue weighted by Crippen LogP contribution is 2.34. The van der Waals surface area contributed by atoms with Crippen LogP contribution in [0.4, 0.5) is 5.69 Å². The van der Waals surface area contributed by atoms with E-state index in [-0.39, 0.29) is 23.7 Å². The Hall–Kier alpha value is -2.79. The number of aliphatic hydroxyl groups is 1. The highest BCUT2D eigenvalue weighted by Gasteiger charge is 2.30. The minimum Gasteiger partial charge on any atom is -0.507 e. The van der Waals surface area contributed by atoms with Crippen LogP contribution in [0.1, 0.15) is 17.5 Å². The van der Waals surface area contributed by atoms with Crippen molar-refractivity contribution in [2.45, 2.75) is 13.0 Å².